The number of hydrogen-bond acceptors (Lipinski definition) is 0. The second-order valence-electron chi connectivity index (χ2n) is 1.60. The molecule has 0 saturated carbocycles. The van der Waals surface area contributed by atoms with Crippen molar-refractivity contribution in [3.63, 3.8) is 0 Å². The van der Waals surface area contributed by atoms with Crippen LogP contribution in [0.2, 0.25) is 0 Å². The molecule has 6 heteroatoms. The Kier molecular flexibility index (Phi) is 3.01. The Bertz CT molecular complexity index is 107. The zero-order chi connectivity index (χ0) is 8.41. The summed E-state index contributed by atoms with van der Waals surface area (Å²) in [6, 6.07) is 0. The van der Waals surface area contributed by atoms with Gasteiger partial charge in [-0.2, -0.15) is 22.0 Å². The molecule has 0 aromatic carbocycles. The van der Waals surface area contributed by atoms with Crippen molar-refractivity contribution in [2.75, 3.05) is 6.16 Å². The number of hydrogen-bond donors (Lipinski definition) is 0. The highest BCUT2D eigenvalue weighted by Crippen LogP contribution is 2.47. The highest BCUT2D eigenvalue weighted by atomic mass is 31.1. The summed E-state index contributed by atoms with van der Waals surface area (Å²) < 4.78 is 57.5. The summed E-state index contributed by atoms with van der Waals surface area (Å²) in [7, 11) is -1.37. The van der Waals surface area contributed by atoms with Crippen LogP contribution in [-0.2, 0) is 0 Å². The van der Waals surface area contributed by atoms with Crippen molar-refractivity contribution >= 4 is 8.58 Å². The van der Waals surface area contributed by atoms with Crippen LogP contribution < -0.4 is 0 Å². The van der Waals surface area contributed by atoms with E-state index >= 15 is 0 Å². The van der Waals surface area contributed by atoms with E-state index in [2.05, 4.69) is 0 Å². The van der Waals surface area contributed by atoms with Crippen molar-refractivity contribution < 1.29 is 22.0 Å². The van der Waals surface area contributed by atoms with Crippen LogP contribution in [0.3, 0.4) is 0 Å². The van der Waals surface area contributed by atoms with Gasteiger partial charge in [0.1, 0.15) is 0 Å². The Morgan fingerprint density at radius 2 is 1.50 bits per heavy atom. The maximum Gasteiger partial charge on any atom is 0.457 e. The van der Waals surface area contributed by atoms with Crippen LogP contribution in [0.1, 0.15) is 6.92 Å². The van der Waals surface area contributed by atoms with E-state index in [1.165, 1.54) is 6.92 Å². The van der Waals surface area contributed by atoms with E-state index in [1.807, 2.05) is 0 Å². The van der Waals surface area contributed by atoms with E-state index in [4.69, 9.17) is 0 Å². The van der Waals surface area contributed by atoms with Gasteiger partial charge in [-0.3, -0.25) is 0 Å². The van der Waals surface area contributed by atoms with Crippen LogP contribution in [0.4, 0.5) is 22.0 Å². The first-order valence-electron chi connectivity index (χ1n) is 2.51. The van der Waals surface area contributed by atoms with Gasteiger partial charge in [0.2, 0.25) is 0 Å². The second-order valence-corrected chi connectivity index (χ2v) is 3.29. The largest absolute Gasteiger partial charge is 0.457 e. The summed E-state index contributed by atoms with van der Waals surface area (Å²) in [5.41, 5.74) is -4.48. The number of halogens is 5. The predicted octanol–water partition coefficient (Wildman–Crippen LogP) is 2.84. The normalized spacial score (nSPS) is 15.0. The molecule has 0 aliphatic rings. The highest BCUT2D eigenvalue weighted by Gasteiger charge is 2.56. The third-order valence-electron chi connectivity index (χ3n) is 0.755. The monoisotopic (exact) mass is 180 g/mol. The molecule has 0 aliphatic carbocycles. The molecule has 0 fully saturated rings. The fourth-order valence-corrected chi connectivity index (χ4v) is 0.967. The van der Waals surface area contributed by atoms with E-state index in [0.29, 0.717) is 0 Å². The average Bonchev–Trinajstić information content (AvgIpc) is 1.61. The lowest BCUT2D eigenvalue weighted by Gasteiger charge is -2.18. The maximum absolute atomic E-state index is 11.8. The SMILES string of the molecule is CCPC(F)(F)C(F)(F)F. The molecule has 0 saturated heterocycles. The molecule has 0 nitrogen and oxygen atoms in total. The van der Waals surface area contributed by atoms with Crippen LogP contribution >= 0.6 is 8.58 Å². The third kappa shape index (κ3) is 2.37. The minimum atomic E-state index is -5.37. The van der Waals surface area contributed by atoms with Crippen LogP contribution in [0.5, 0.6) is 0 Å². The minimum absolute atomic E-state index is 0.146. The molecule has 10 heavy (non-hydrogen) atoms. The zero-order valence-electron chi connectivity index (χ0n) is 5.10. The van der Waals surface area contributed by atoms with Crippen LogP contribution in [-0.4, -0.2) is 18.0 Å². The van der Waals surface area contributed by atoms with Crippen molar-refractivity contribution in [1.29, 1.82) is 0 Å². The Morgan fingerprint density at radius 1 is 1.10 bits per heavy atom. The van der Waals surface area contributed by atoms with Crippen molar-refractivity contribution in [2.24, 2.45) is 0 Å². The number of rotatable bonds is 2. The first kappa shape index (κ1) is 10.1. The maximum atomic E-state index is 11.8. The summed E-state index contributed by atoms with van der Waals surface area (Å²) in [6.45, 7) is 1.29. The molecule has 0 aromatic rings. The van der Waals surface area contributed by atoms with Gasteiger partial charge in [-0.05, 0) is 14.7 Å². The molecule has 0 heterocycles. The number of alkyl halides is 5. The van der Waals surface area contributed by atoms with E-state index in [-0.39, 0.29) is 6.16 Å². The van der Waals surface area contributed by atoms with Gasteiger partial charge in [0.15, 0.2) is 0 Å². The summed E-state index contributed by atoms with van der Waals surface area (Å²) in [5.74, 6) is 0. The van der Waals surface area contributed by atoms with Gasteiger partial charge >= 0.3 is 11.8 Å². The summed E-state index contributed by atoms with van der Waals surface area (Å²) in [5, 5.41) is 0. The van der Waals surface area contributed by atoms with Crippen molar-refractivity contribution in [1.82, 2.24) is 0 Å². The molecular weight excluding hydrogens is 174 g/mol. The van der Waals surface area contributed by atoms with Crippen molar-refractivity contribution in [2.45, 2.75) is 18.8 Å². The fraction of sp³-hybridized carbons (Fsp3) is 1.00. The first-order chi connectivity index (χ1) is 4.31. The van der Waals surface area contributed by atoms with Gasteiger partial charge in [-0.15, -0.1) is 0 Å². The molecule has 0 rings (SSSR count). The quantitative estimate of drug-likeness (QED) is 0.452. The van der Waals surface area contributed by atoms with E-state index in [9.17, 15) is 22.0 Å². The first-order valence-corrected chi connectivity index (χ1v) is 3.71. The minimum Gasteiger partial charge on any atom is -0.192 e. The Morgan fingerprint density at radius 3 is 1.60 bits per heavy atom. The van der Waals surface area contributed by atoms with E-state index in [0.717, 1.165) is 0 Å². The molecule has 1 unspecified atom stereocenters. The van der Waals surface area contributed by atoms with Crippen molar-refractivity contribution in [3.8, 4) is 0 Å². The molecule has 0 radical (unpaired) electrons. The van der Waals surface area contributed by atoms with Crippen molar-refractivity contribution in [3.05, 3.63) is 0 Å². The summed E-state index contributed by atoms with van der Waals surface area (Å²) in [4.78, 5) is 0. The predicted molar refractivity (Wildman–Crippen MR) is 29.9 cm³/mol. The molecule has 0 amide bonds. The second kappa shape index (κ2) is 2.99. The Hall–Kier alpha value is 0.0800. The summed E-state index contributed by atoms with van der Waals surface area (Å²) in [6.07, 6.45) is -5.52. The van der Waals surface area contributed by atoms with Crippen LogP contribution in [0, 0.1) is 0 Å². The lowest BCUT2D eigenvalue weighted by Crippen LogP contribution is -2.31. The fourth-order valence-electron chi connectivity index (χ4n) is 0.322. The van der Waals surface area contributed by atoms with Gasteiger partial charge in [-0.25, -0.2) is 0 Å². The Balaban J connectivity index is 4.10. The third-order valence-corrected chi connectivity index (χ3v) is 1.84. The van der Waals surface area contributed by atoms with Gasteiger partial charge in [0.25, 0.3) is 0 Å². The van der Waals surface area contributed by atoms with Gasteiger partial charge in [0, 0.05) is 0 Å². The van der Waals surface area contributed by atoms with Crippen LogP contribution in [0.25, 0.3) is 0 Å². The van der Waals surface area contributed by atoms with E-state index in [1.54, 1.807) is 0 Å². The lowest BCUT2D eigenvalue weighted by molar-refractivity contribution is -0.239. The van der Waals surface area contributed by atoms with E-state index < -0.39 is 20.4 Å². The smallest absolute Gasteiger partial charge is 0.192 e. The molecule has 0 spiro atoms. The van der Waals surface area contributed by atoms with Gasteiger partial charge < -0.3 is 0 Å². The molecule has 0 N–H and O–H groups in total. The Labute approximate surface area is 56.6 Å². The molecule has 0 aliphatic heterocycles. The zero-order valence-corrected chi connectivity index (χ0v) is 6.10. The van der Waals surface area contributed by atoms with Gasteiger partial charge in [-0.1, -0.05) is 6.92 Å². The topological polar surface area (TPSA) is 0 Å². The lowest BCUT2D eigenvalue weighted by atomic mass is 10.7. The molecule has 0 bridgehead atoms. The molecule has 1 atom stereocenters. The highest BCUT2D eigenvalue weighted by molar-refractivity contribution is 7.39. The average molecular weight is 180 g/mol. The van der Waals surface area contributed by atoms with Gasteiger partial charge in [0.05, 0.1) is 0 Å². The summed E-state index contributed by atoms with van der Waals surface area (Å²) >= 11 is 0. The molecular formula is C4H6F5P. The molecule has 0 aromatic heterocycles. The van der Waals surface area contributed by atoms with Crippen LogP contribution in [0.15, 0.2) is 0 Å². The molecule has 62 valence electrons. The standard InChI is InChI=1S/C4H6F5P/c1-2-10-4(8,9)3(5,6)7/h10H,2H2,1H3.